The molecule has 0 aromatic heterocycles. The largest absolute Gasteiger partial charge is 0.573 e. The molecule has 0 radical (unpaired) electrons. The number of hydrogen-bond acceptors (Lipinski definition) is 4. The highest BCUT2D eigenvalue weighted by Gasteiger charge is 2.32. The van der Waals surface area contributed by atoms with Crippen LogP contribution >= 0.6 is 0 Å². The molecule has 0 unspecified atom stereocenters. The molecule has 20 heavy (non-hydrogen) atoms. The lowest BCUT2D eigenvalue weighted by atomic mass is 10.1. The highest BCUT2D eigenvalue weighted by atomic mass is 19.4. The Morgan fingerprint density at radius 1 is 1.45 bits per heavy atom. The molecule has 110 valence electrons. The second-order valence-electron chi connectivity index (χ2n) is 4.49. The lowest BCUT2D eigenvalue weighted by molar-refractivity contribution is -0.274. The molecule has 1 amide bonds. The first kappa shape index (κ1) is 14.4. The van der Waals surface area contributed by atoms with Crippen LogP contribution in [0.3, 0.4) is 0 Å². The van der Waals surface area contributed by atoms with E-state index in [1.165, 1.54) is 11.0 Å². The number of rotatable bonds is 2. The number of likely N-dealkylation sites (tertiary alicyclic amines) is 1. The number of amides is 1. The Morgan fingerprint density at radius 3 is 2.65 bits per heavy atom. The van der Waals surface area contributed by atoms with Crippen molar-refractivity contribution in [2.75, 3.05) is 18.8 Å². The van der Waals surface area contributed by atoms with Crippen LogP contribution in [0.2, 0.25) is 0 Å². The number of anilines is 1. The fraction of sp³-hybridized carbons (Fsp3) is 0.417. The number of carbonyl (C=O) groups excluding carboxylic acids is 1. The van der Waals surface area contributed by atoms with Crippen molar-refractivity contribution >= 4 is 11.6 Å². The maximum atomic E-state index is 12.1. The number of nitrogens with two attached hydrogens (primary N) is 1. The molecule has 1 saturated heterocycles. The first-order valence-corrected chi connectivity index (χ1v) is 5.89. The monoisotopic (exact) mass is 290 g/mol. The van der Waals surface area contributed by atoms with Crippen LogP contribution < -0.4 is 10.5 Å². The second-order valence-corrected chi connectivity index (χ2v) is 4.49. The standard InChI is InChI=1S/C12H13F3N2O3/c13-12(14,15)20-10-2-1-7(5-9(10)16)11(19)17-4-3-8(18)6-17/h1-2,5,8,18H,3-4,6,16H2/t8-/m1/s1. The number of halogens is 3. The number of aliphatic hydroxyl groups excluding tert-OH is 1. The number of nitrogen functional groups attached to an aromatic ring is 1. The van der Waals surface area contributed by atoms with Crippen LogP contribution in [0.1, 0.15) is 16.8 Å². The van der Waals surface area contributed by atoms with E-state index >= 15 is 0 Å². The van der Waals surface area contributed by atoms with E-state index in [1.54, 1.807) is 0 Å². The number of aliphatic hydroxyl groups is 1. The third kappa shape index (κ3) is 3.32. The number of ether oxygens (including phenoxy) is 1. The van der Waals surface area contributed by atoms with Gasteiger partial charge >= 0.3 is 6.36 Å². The molecular formula is C12H13F3N2O3. The van der Waals surface area contributed by atoms with Gasteiger partial charge in [-0.15, -0.1) is 13.2 Å². The minimum atomic E-state index is -4.83. The van der Waals surface area contributed by atoms with Crippen molar-refractivity contribution in [1.82, 2.24) is 4.90 Å². The van der Waals surface area contributed by atoms with Crippen molar-refractivity contribution in [3.05, 3.63) is 23.8 Å². The summed E-state index contributed by atoms with van der Waals surface area (Å²) in [6, 6.07) is 3.35. The second kappa shape index (κ2) is 5.20. The number of carbonyl (C=O) groups is 1. The zero-order valence-corrected chi connectivity index (χ0v) is 10.4. The molecule has 0 bridgehead atoms. The maximum absolute atomic E-state index is 12.1. The lowest BCUT2D eigenvalue weighted by Crippen LogP contribution is -2.29. The third-order valence-corrected chi connectivity index (χ3v) is 2.93. The van der Waals surface area contributed by atoms with Crippen LogP contribution in [0.5, 0.6) is 5.75 Å². The van der Waals surface area contributed by atoms with Crippen LogP contribution in [0.4, 0.5) is 18.9 Å². The van der Waals surface area contributed by atoms with Gasteiger partial charge in [0, 0.05) is 18.7 Å². The Bertz CT molecular complexity index is 519. The fourth-order valence-electron chi connectivity index (χ4n) is 2.01. The molecule has 8 heteroatoms. The van der Waals surface area contributed by atoms with E-state index < -0.39 is 18.2 Å². The molecule has 1 atom stereocenters. The van der Waals surface area contributed by atoms with Crippen molar-refractivity contribution in [3.8, 4) is 5.75 Å². The van der Waals surface area contributed by atoms with Gasteiger partial charge < -0.3 is 20.5 Å². The lowest BCUT2D eigenvalue weighted by Gasteiger charge is -2.17. The van der Waals surface area contributed by atoms with E-state index in [0.29, 0.717) is 13.0 Å². The Labute approximate surface area is 112 Å². The van der Waals surface area contributed by atoms with Crippen molar-refractivity contribution in [2.45, 2.75) is 18.9 Å². The summed E-state index contributed by atoms with van der Waals surface area (Å²) < 4.78 is 40.0. The summed E-state index contributed by atoms with van der Waals surface area (Å²) >= 11 is 0. The van der Waals surface area contributed by atoms with Crippen molar-refractivity contribution < 1.29 is 27.8 Å². The number of alkyl halides is 3. The average Bonchev–Trinajstić information content (AvgIpc) is 2.76. The molecule has 0 aliphatic carbocycles. The molecule has 1 aromatic rings. The van der Waals surface area contributed by atoms with Crippen LogP contribution in [-0.4, -0.2) is 41.5 Å². The Balaban J connectivity index is 2.14. The van der Waals surface area contributed by atoms with Gasteiger partial charge in [-0.05, 0) is 24.6 Å². The molecule has 2 rings (SSSR count). The van der Waals surface area contributed by atoms with Gasteiger partial charge in [-0.1, -0.05) is 0 Å². The molecule has 1 aliphatic rings. The summed E-state index contributed by atoms with van der Waals surface area (Å²) in [6.45, 7) is 0.611. The van der Waals surface area contributed by atoms with E-state index in [2.05, 4.69) is 4.74 Å². The van der Waals surface area contributed by atoms with Gasteiger partial charge in [0.25, 0.3) is 5.91 Å². The summed E-state index contributed by atoms with van der Waals surface area (Å²) in [4.78, 5) is 13.5. The van der Waals surface area contributed by atoms with Crippen molar-refractivity contribution in [3.63, 3.8) is 0 Å². The Morgan fingerprint density at radius 2 is 2.15 bits per heavy atom. The molecule has 0 spiro atoms. The molecule has 3 N–H and O–H groups in total. The summed E-state index contributed by atoms with van der Waals surface area (Å²) in [7, 11) is 0. The van der Waals surface area contributed by atoms with E-state index in [9.17, 15) is 23.1 Å². The van der Waals surface area contributed by atoms with E-state index in [-0.39, 0.29) is 23.7 Å². The summed E-state index contributed by atoms with van der Waals surface area (Å²) in [5, 5.41) is 9.36. The maximum Gasteiger partial charge on any atom is 0.573 e. The number of benzene rings is 1. The highest BCUT2D eigenvalue weighted by Crippen LogP contribution is 2.29. The number of hydrogen-bond donors (Lipinski definition) is 2. The molecular weight excluding hydrogens is 277 g/mol. The van der Waals surface area contributed by atoms with Crippen LogP contribution in [0, 0.1) is 0 Å². The summed E-state index contributed by atoms with van der Waals surface area (Å²) in [5.41, 5.74) is 5.34. The molecule has 0 saturated carbocycles. The Kier molecular flexibility index (Phi) is 3.76. The van der Waals surface area contributed by atoms with Gasteiger partial charge in [0.15, 0.2) is 5.75 Å². The minimum Gasteiger partial charge on any atom is -0.404 e. The smallest absolute Gasteiger partial charge is 0.404 e. The van der Waals surface area contributed by atoms with Crippen LogP contribution in [0.25, 0.3) is 0 Å². The predicted molar refractivity (Wildman–Crippen MR) is 64.1 cm³/mol. The van der Waals surface area contributed by atoms with Crippen LogP contribution in [-0.2, 0) is 0 Å². The molecule has 1 fully saturated rings. The average molecular weight is 290 g/mol. The van der Waals surface area contributed by atoms with Gasteiger partial charge in [0.1, 0.15) is 0 Å². The van der Waals surface area contributed by atoms with Gasteiger partial charge in [0.2, 0.25) is 0 Å². The van der Waals surface area contributed by atoms with Gasteiger partial charge in [-0.25, -0.2) is 0 Å². The quantitative estimate of drug-likeness (QED) is 0.807. The third-order valence-electron chi connectivity index (χ3n) is 2.93. The highest BCUT2D eigenvalue weighted by molar-refractivity contribution is 5.95. The summed E-state index contributed by atoms with van der Waals surface area (Å²) in [5.74, 6) is -0.928. The van der Waals surface area contributed by atoms with E-state index in [1.807, 2.05) is 0 Å². The first-order chi connectivity index (χ1) is 9.26. The SMILES string of the molecule is Nc1cc(C(=O)N2CC[C@@H](O)C2)ccc1OC(F)(F)F. The van der Waals surface area contributed by atoms with E-state index in [0.717, 1.165) is 12.1 Å². The normalized spacial score (nSPS) is 19.2. The van der Waals surface area contributed by atoms with Gasteiger partial charge in [-0.3, -0.25) is 4.79 Å². The zero-order valence-electron chi connectivity index (χ0n) is 10.4. The van der Waals surface area contributed by atoms with Crippen molar-refractivity contribution in [1.29, 1.82) is 0 Å². The summed E-state index contributed by atoms with van der Waals surface area (Å²) in [6.07, 6.45) is -4.92. The topological polar surface area (TPSA) is 75.8 Å². The van der Waals surface area contributed by atoms with Gasteiger partial charge in [-0.2, -0.15) is 0 Å². The molecule has 5 nitrogen and oxygen atoms in total. The molecule has 1 heterocycles. The first-order valence-electron chi connectivity index (χ1n) is 5.89. The van der Waals surface area contributed by atoms with Crippen molar-refractivity contribution in [2.24, 2.45) is 0 Å². The molecule has 1 aromatic carbocycles. The number of β-amino-alcohol motifs (C(OH)–C–C–N with tert-alkyl or cyclic N) is 1. The van der Waals surface area contributed by atoms with E-state index in [4.69, 9.17) is 5.73 Å². The minimum absolute atomic E-state index is 0.158. The fourth-order valence-corrected chi connectivity index (χ4v) is 2.01. The zero-order chi connectivity index (χ0) is 14.9. The number of nitrogens with zero attached hydrogens (tertiary/aromatic N) is 1. The van der Waals surface area contributed by atoms with Gasteiger partial charge in [0.05, 0.1) is 11.8 Å². The predicted octanol–water partition coefficient (Wildman–Crippen LogP) is 1.37. The molecule has 1 aliphatic heterocycles. The van der Waals surface area contributed by atoms with Crippen LogP contribution in [0.15, 0.2) is 18.2 Å². The Hall–Kier alpha value is -1.96.